The molecule has 1 unspecified atom stereocenters. The summed E-state index contributed by atoms with van der Waals surface area (Å²) in [7, 11) is 0. The van der Waals surface area contributed by atoms with E-state index in [9.17, 15) is 8.78 Å². The Morgan fingerprint density at radius 2 is 2.00 bits per heavy atom. The highest BCUT2D eigenvalue weighted by Crippen LogP contribution is 2.10. The fourth-order valence-electron chi connectivity index (χ4n) is 2.24. The average molecular weight is 240 g/mol. The highest BCUT2D eigenvalue weighted by Gasteiger charge is 2.17. The number of nitrogens with one attached hydrogen (secondary N) is 1. The Balaban J connectivity index is 1.92. The predicted molar refractivity (Wildman–Crippen MR) is 64.0 cm³/mol. The second-order valence-electron chi connectivity index (χ2n) is 4.62. The van der Waals surface area contributed by atoms with E-state index in [0.717, 1.165) is 37.8 Å². The van der Waals surface area contributed by atoms with Gasteiger partial charge in [-0.25, -0.2) is 8.78 Å². The van der Waals surface area contributed by atoms with Crippen molar-refractivity contribution in [3.8, 4) is 0 Å². The molecule has 4 heteroatoms. The number of halogens is 2. The van der Waals surface area contributed by atoms with Crippen LogP contribution in [0.5, 0.6) is 0 Å². The molecule has 1 aliphatic heterocycles. The molecule has 0 radical (unpaired) electrons. The van der Waals surface area contributed by atoms with E-state index in [-0.39, 0.29) is 0 Å². The molecule has 1 aromatic carbocycles. The molecule has 0 bridgehead atoms. The summed E-state index contributed by atoms with van der Waals surface area (Å²) in [6, 6.07) is 4.23. The molecule has 1 aliphatic rings. The van der Waals surface area contributed by atoms with Crippen LogP contribution in [0.2, 0.25) is 0 Å². The van der Waals surface area contributed by atoms with Gasteiger partial charge in [0.05, 0.1) is 0 Å². The summed E-state index contributed by atoms with van der Waals surface area (Å²) in [5.41, 5.74) is 0.730. The second kappa shape index (κ2) is 5.56. The van der Waals surface area contributed by atoms with Crippen molar-refractivity contribution in [3.63, 3.8) is 0 Å². The summed E-state index contributed by atoms with van der Waals surface area (Å²) >= 11 is 0. The molecule has 1 saturated heterocycles. The van der Waals surface area contributed by atoms with Crippen LogP contribution in [0, 0.1) is 11.6 Å². The van der Waals surface area contributed by atoms with E-state index in [4.69, 9.17) is 0 Å². The minimum absolute atomic E-state index is 0.488. The maximum absolute atomic E-state index is 13.0. The zero-order valence-electron chi connectivity index (χ0n) is 10.0. The molecule has 17 heavy (non-hydrogen) atoms. The van der Waals surface area contributed by atoms with Crippen molar-refractivity contribution in [1.82, 2.24) is 10.2 Å². The number of piperazine rings is 1. The van der Waals surface area contributed by atoms with Gasteiger partial charge in [-0.15, -0.1) is 0 Å². The van der Waals surface area contributed by atoms with E-state index in [0.29, 0.717) is 12.5 Å². The van der Waals surface area contributed by atoms with Crippen LogP contribution in [0.1, 0.15) is 12.5 Å². The van der Waals surface area contributed by atoms with Crippen molar-refractivity contribution >= 4 is 0 Å². The lowest BCUT2D eigenvalue weighted by atomic mass is 10.1. The normalized spacial score (nSPS) is 21.7. The number of hydrogen-bond acceptors (Lipinski definition) is 2. The first-order valence-electron chi connectivity index (χ1n) is 6.05. The summed E-state index contributed by atoms with van der Waals surface area (Å²) in [4.78, 5) is 2.35. The topological polar surface area (TPSA) is 15.3 Å². The minimum Gasteiger partial charge on any atom is -0.314 e. The molecule has 1 aromatic rings. The summed E-state index contributed by atoms with van der Waals surface area (Å²) in [5, 5.41) is 3.32. The van der Waals surface area contributed by atoms with Crippen LogP contribution < -0.4 is 5.32 Å². The summed E-state index contributed by atoms with van der Waals surface area (Å²) in [6.07, 6.45) is 0.693. The molecule has 2 rings (SSSR count). The van der Waals surface area contributed by atoms with Gasteiger partial charge in [0.25, 0.3) is 0 Å². The summed E-state index contributed by atoms with van der Waals surface area (Å²) in [5.74, 6) is -0.985. The highest BCUT2D eigenvalue weighted by molar-refractivity contribution is 5.18. The van der Waals surface area contributed by atoms with Crippen molar-refractivity contribution in [2.24, 2.45) is 0 Å². The third kappa shape index (κ3) is 3.48. The Kier molecular flexibility index (Phi) is 4.07. The molecule has 0 aliphatic carbocycles. The molecule has 1 heterocycles. The largest absolute Gasteiger partial charge is 0.314 e. The minimum atomic E-state index is -0.492. The van der Waals surface area contributed by atoms with Crippen LogP contribution in [0.4, 0.5) is 8.78 Å². The van der Waals surface area contributed by atoms with E-state index in [2.05, 4.69) is 17.1 Å². The maximum Gasteiger partial charge on any atom is 0.126 e. The molecule has 0 saturated carbocycles. The smallest absolute Gasteiger partial charge is 0.126 e. The lowest BCUT2D eigenvalue weighted by Crippen LogP contribution is -2.50. The van der Waals surface area contributed by atoms with Gasteiger partial charge in [-0.2, -0.15) is 0 Å². The Bertz CT molecular complexity index is 361. The van der Waals surface area contributed by atoms with Crippen molar-refractivity contribution in [1.29, 1.82) is 0 Å². The van der Waals surface area contributed by atoms with Gasteiger partial charge in [0.15, 0.2) is 0 Å². The van der Waals surface area contributed by atoms with Crippen LogP contribution in [0.25, 0.3) is 0 Å². The third-order valence-electron chi connectivity index (χ3n) is 3.25. The molecule has 1 fully saturated rings. The zero-order chi connectivity index (χ0) is 12.3. The third-order valence-corrected chi connectivity index (χ3v) is 3.25. The second-order valence-corrected chi connectivity index (χ2v) is 4.62. The van der Waals surface area contributed by atoms with Gasteiger partial charge in [-0.05, 0) is 31.0 Å². The lowest BCUT2D eigenvalue weighted by Gasteiger charge is -2.33. The average Bonchev–Trinajstić information content (AvgIpc) is 2.27. The molecule has 1 atom stereocenters. The Hall–Kier alpha value is -1.00. The van der Waals surface area contributed by atoms with Gasteiger partial charge < -0.3 is 5.32 Å². The van der Waals surface area contributed by atoms with Crippen LogP contribution >= 0.6 is 0 Å². The summed E-state index contributed by atoms with van der Waals surface area (Å²) < 4.78 is 26.0. The maximum atomic E-state index is 13.0. The first-order valence-corrected chi connectivity index (χ1v) is 6.05. The van der Waals surface area contributed by atoms with Crippen molar-refractivity contribution in [2.45, 2.75) is 19.4 Å². The standard InChI is InChI=1S/C13H18F2N2/c1-10-9-16-3-5-17(10)4-2-11-6-12(14)8-13(15)7-11/h6-8,10,16H,2-5,9H2,1H3. The van der Waals surface area contributed by atoms with Crippen molar-refractivity contribution in [2.75, 3.05) is 26.2 Å². The SMILES string of the molecule is CC1CNCCN1CCc1cc(F)cc(F)c1. The van der Waals surface area contributed by atoms with Crippen LogP contribution in [0.3, 0.4) is 0 Å². The van der Waals surface area contributed by atoms with Crippen molar-refractivity contribution < 1.29 is 8.78 Å². The molecule has 2 nitrogen and oxygen atoms in total. The highest BCUT2D eigenvalue weighted by atomic mass is 19.1. The van der Waals surface area contributed by atoms with Gasteiger partial charge >= 0.3 is 0 Å². The number of hydrogen-bond donors (Lipinski definition) is 1. The Morgan fingerprint density at radius 3 is 2.65 bits per heavy atom. The monoisotopic (exact) mass is 240 g/mol. The zero-order valence-corrected chi connectivity index (χ0v) is 10.0. The molecule has 0 spiro atoms. The van der Waals surface area contributed by atoms with Gasteiger partial charge in [0, 0.05) is 38.3 Å². The van der Waals surface area contributed by atoms with Crippen molar-refractivity contribution in [3.05, 3.63) is 35.4 Å². The Morgan fingerprint density at radius 1 is 1.29 bits per heavy atom. The van der Waals surface area contributed by atoms with Gasteiger partial charge in [-0.1, -0.05) is 0 Å². The van der Waals surface area contributed by atoms with E-state index < -0.39 is 11.6 Å². The fourth-order valence-corrected chi connectivity index (χ4v) is 2.24. The first-order chi connectivity index (χ1) is 8.15. The van der Waals surface area contributed by atoms with Gasteiger partial charge in [-0.3, -0.25) is 4.90 Å². The quantitative estimate of drug-likeness (QED) is 0.866. The predicted octanol–water partition coefficient (Wildman–Crippen LogP) is 1.80. The fraction of sp³-hybridized carbons (Fsp3) is 0.538. The molecular weight excluding hydrogens is 222 g/mol. The van der Waals surface area contributed by atoms with E-state index in [1.807, 2.05) is 0 Å². The van der Waals surface area contributed by atoms with Gasteiger partial charge in [0.1, 0.15) is 11.6 Å². The Labute approximate surface area is 101 Å². The van der Waals surface area contributed by atoms with Crippen LogP contribution in [-0.4, -0.2) is 37.1 Å². The number of benzene rings is 1. The van der Waals surface area contributed by atoms with Crippen LogP contribution in [0.15, 0.2) is 18.2 Å². The van der Waals surface area contributed by atoms with E-state index >= 15 is 0 Å². The van der Waals surface area contributed by atoms with E-state index in [1.54, 1.807) is 0 Å². The lowest BCUT2D eigenvalue weighted by molar-refractivity contribution is 0.176. The van der Waals surface area contributed by atoms with Crippen LogP contribution in [-0.2, 0) is 6.42 Å². The molecule has 94 valence electrons. The number of nitrogens with zero attached hydrogens (tertiary/aromatic N) is 1. The van der Waals surface area contributed by atoms with E-state index in [1.165, 1.54) is 12.1 Å². The number of rotatable bonds is 3. The molecule has 0 aromatic heterocycles. The molecule has 1 N–H and O–H groups in total. The summed E-state index contributed by atoms with van der Waals surface area (Å²) in [6.45, 7) is 5.99. The van der Waals surface area contributed by atoms with Gasteiger partial charge in [0.2, 0.25) is 0 Å². The first kappa shape index (κ1) is 12.5. The molecular formula is C13H18F2N2. The molecule has 0 amide bonds.